The molecule has 3 aromatic rings. The molecule has 4 heterocycles. The van der Waals surface area contributed by atoms with Crippen molar-refractivity contribution in [2.45, 2.75) is 43.7 Å². The third-order valence-electron chi connectivity index (χ3n) is 9.55. The van der Waals surface area contributed by atoms with Crippen molar-refractivity contribution in [1.82, 2.24) is 24.8 Å². The maximum atomic E-state index is 16.5. The molecule has 4 aliphatic rings. The summed E-state index contributed by atoms with van der Waals surface area (Å²) in [5.74, 6) is -0.782. The number of anilines is 1. The summed E-state index contributed by atoms with van der Waals surface area (Å²) in [5, 5.41) is 0.415. The third kappa shape index (κ3) is 4.87. The fourth-order valence-electron chi connectivity index (χ4n) is 7.13. The lowest BCUT2D eigenvalue weighted by Crippen LogP contribution is -2.56. The van der Waals surface area contributed by atoms with Crippen LogP contribution in [-0.4, -0.2) is 89.1 Å². The van der Waals surface area contributed by atoms with E-state index in [2.05, 4.69) is 39.4 Å². The van der Waals surface area contributed by atoms with E-state index in [-0.39, 0.29) is 42.9 Å². The molecule has 11 heteroatoms. The van der Waals surface area contributed by atoms with Gasteiger partial charge in [-0.1, -0.05) is 24.8 Å². The van der Waals surface area contributed by atoms with E-state index in [1.807, 2.05) is 17.0 Å². The Balaban J connectivity index is 1.29. The Bertz CT molecular complexity index is 1670. The van der Waals surface area contributed by atoms with E-state index < -0.39 is 23.6 Å². The molecule has 222 valence electrons. The topological polar surface area (TPSA) is 79.1 Å². The second kappa shape index (κ2) is 10.8. The zero-order chi connectivity index (χ0) is 29.8. The lowest BCUT2D eigenvalue weighted by molar-refractivity contribution is -0.131. The quantitative estimate of drug-likeness (QED) is 0.301. The molecule has 0 unspecified atom stereocenters. The summed E-state index contributed by atoms with van der Waals surface area (Å²) in [5.41, 5.74) is 3.64. The SMILES string of the molecule is [C-]#[N+]C[C@H]1CN(c2nc(OC[C@@H]3CCCN3C)nc3c(F)c(-c4cccc5c4C[C@@H]4C[C@H]54)ncc23)CCN1C(=O)C(=C)F. The minimum atomic E-state index is -1.06. The van der Waals surface area contributed by atoms with Crippen LogP contribution in [0.3, 0.4) is 0 Å². The Morgan fingerprint density at radius 1 is 1.23 bits per heavy atom. The summed E-state index contributed by atoms with van der Waals surface area (Å²) in [6.45, 7) is 12.5. The second-order valence-corrected chi connectivity index (χ2v) is 12.1. The number of aromatic nitrogens is 3. The number of nitrogens with zero attached hydrogens (tertiary/aromatic N) is 7. The number of fused-ring (bicyclic) bond motifs is 4. The molecule has 43 heavy (non-hydrogen) atoms. The van der Waals surface area contributed by atoms with E-state index in [0.717, 1.165) is 31.4 Å². The molecular formula is C32H33F2N7O2. The van der Waals surface area contributed by atoms with E-state index in [4.69, 9.17) is 16.3 Å². The van der Waals surface area contributed by atoms with Gasteiger partial charge in [0.25, 0.3) is 5.91 Å². The van der Waals surface area contributed by atoms with E-state index in [1.165, 1.54) is 22.4 Å². The van der Waals surface area contributed by atoms with Gasteiger partial charge in [0.1, 0.15) is 29.7 Å². The number of halogens is 2. The summed E-state index contributed by atoms with van der Waals surface area (Å²) in [4.78, 5) is 35.3. The fraction of sp³-hybridized carbons (Fsp3) is 0.469. The Morgan fingerprint density at radius 2 is 2.09 bits per heavy atom. The van der Waals surface area contributed by atoms with Gasteiger partial charge < -0.3 is 24.3 Å². The van der Waals surface area contributed by atoms with Crippen LogP contribution in [0.2, 0.25) is 0 Å². The van der Waals surface area contributed by atoms with Crippen molar-refractivity contribution in [3.63, 3.8) is 0 Å². The van der Waals surface area contributed by atoms with Crippen LogP contribution in [0.4, 0.5) is 14.6 Å². The zero-order valence-electron chi connectivity index (χ0n) is 24.1. The van der Waals surface area contributed by atoms with Crippen molar-refractivity contribution in [2.75, 3.05) is 51.3 Å². The van der Waals surface area contributed by atoms with Gasteiger partial charge in [-0.3, -0.25) is 9.78 Å². The van der Waals surface area contributed by atoms with Crippen LogP contribution in [0, 0.1) is 18.3 Å². The van der Waals surface area contributed by atoms with Crippen LogP contribution in [-0.2, 0) is 11.2 Å². The summed E-state index contributed by atoms with van der Waals surface area (Å²) in [7, 11) is 2.05. The van der Waals surface area contributed by atoms with Crippen LogP contribution < -0.4 is 9.64 Å². The van der Waals surface area contributed by atoms with Crippen molar-refractivity contribution in [2.24, 2.45) is 5.92 Å². The van der Waals surface area contributed by atoms with Crippen LogP contribution in [0.15, 0.2) is 36.8 Å². The molecular weight excluding hydrogens is 552 g/mol. The number of amides is 1. The van der Waals surface area contributed by atoms with Crippen LogP contribution >= 0.6 is 0 Å². The molecule has 3 fully saturated rings. The van der Waals surface area contributed by atoms with Gasteiger partial charge in [-0.25, -0.2) is 15.4 Å². The maximum absolute atomic E-state index is 16.5. The molecule has 1 amide bonds. The van der Waals surface area contributed by atoms with E-state index in [1.54, 1.807) is 6.20 Å². The first-order valence-electron chi connectivity index (χ1n) is 14.9. The number of benzene rings is 1. The molecule has 0 spiro atoms. The summed E-state index contributed by atoms with van der Waals surface area (Å²) >= 11 is 0. The number of carbonyl (C=O) groups excluding carboxylic acids is 1. The number of rotatable bonds is 7. The molecule has 1 saturated carbocycles. The predicted octanol–water partition coefficient (Wildman–Crippen LogP) is 4.38. The first-order chi connectivity index (χ1) is 20.8. The number of ether oxygens (including phenoxy) is 1. The fourth-order valence-corrected chi connectivity index (χ4v) is 7.13. The van der Waals surface area contributed by atoms with E-state index in [9.17, 15) is 9.18 Å². The highest BCUT2D eigenvalue weighted by Crippen LogP contribution is 2.57. The van der Waals surface area contributed by atoms with Crippen LogP contribution in [0.25, 0.3) is 27.0 Å². The molecule has 7 rings (SSSR count). The first kappa shape index (κ1) is 27.7. The number of likely N-dealkylation sites (N-methyl/N-ethyl adjacent to an activating group) is 1. The number of hydrogen-bond donors (Lipinski definition) is 0. The average Bonchev–Trinajstić information content (AvgIpc) is 3.50. The minimum absolute atomic E-state index is 0.0201. The van der Waals surface area contributed by atoms with E-state index in [0.29, 0.717) is 36.2 Å². The summed E-state index contributed by atoms with van der Waals surface area (Å²) in [6, 6.07) is 5.73. The number of likely N-dealkylation sites (tertiary alicyclic amines) is 1. The van der Waals surface area contributed by atoms with Crippen molar-refractivity contribution >= 4 is 22.6 Å². The highest BCUT2D eigenvalue weighted by atomic mass is 19.1. The second-order valence-electron chi connectivity index (χ2n) is 12.1. The number of hydrogen-bond acceptors (Lipinski definition) is 7. The zero-order valence-corrected chi connectivity index (χ0v) is 24.1. The monoisotopic (exact) mass is 585 g/mol. The summed E-state index contributed by atoms with van der Waals surface area (Å²) in [6.07, 6.45) is 5.82. The highest BCUT2D eigenvalue weighted by molar-refractivity contribution is 5.93. The largest absolute Gasteiger partial charge is 0.462 e. The molecule has 2 aliphatic heterocycles. The van der Waals surface area contributed by atoms with Crippen molar-refractivity contribution < 1.29 is 18.3 Å². The van der Waals surface area contributed by atoms with Crippen molar-refractivity contribution in [3.8, 4) is 17.3 Å². The van der Waals surface area contributed by atoms with E-state index >= 15 is 4.39 Å². The Kier molecular flexibility index (Phi) is 6.96. The normalized spacial score (nSPS) is 24.5. The van der Waals surface area contributed by atoms with Crippen LogP contribution in [0.5, 0.6) is 6.01 Å². The van der Waals surface area contributed by atoms with Crippen LogP contribution in [0.1, 0.15) is 36.3 Å². The van der Waals surface area contributed by atoms with Gasteiger partial charge in [0.2, 0.25) is 6.54 Å². The average molecular weight is 586 g/mol. The van der Waals surface area contributed by atoms with Gasteiger partial charge in [0.15, 0.2) is 11.6 Å². The molecule has 1 aromatic carbocycles. The lowest BCUT2D eigenvalue weighted by Gasteiger charge is -2.39. The van der Waals surface area contributed by atoms with Gasteiger partial charge in [0.05, 0.1) is 5.39 Å². The van der Waals surface area contributed by atoms with Gasteiger partial charge in [-0.05, 0) is 62.2 Å². The van der Waals surface area contributed by atoms with Gasteiger partial charge in [0, 0.05) is 37.4 Å². The summed E-state index contributed by atoms with van der Waals surface area (Å²) < 4.78 is 36.4. The third-order valence-corrected chi connectivity index (χ3v) is 9.55. The minimum Gasteiger partial charge on any atom is -0.462 e. The molecule has 9 nitrogen and oxygen atoms in total. The maximum Gasteiger partial charge on any atom is 0.319 e. The molecule has 0 N–H and O–H groups in total. The Labute approximate surface area is 249 Å². The number of pyridine rings is 1. The van der Waals surface area contributed by atoms with Crippen molar-refractivity contribution in [3.05, 3.63) is 65.2 Å². The molecule has 0 bridgehead atoms. The lowest BCUT2D eigenvalue weighted by atomic mass is 9.96. The Morgan fingerprint density at radius 3 is 2.86 bits per heavy atom. The van der Waals surface area contributed by atoms with Gasteiger partial charge in [-0.15, -0.1) is 0 Å². The molecule has 2 saturated heterocycles. The Hall–Kier alpha value is -4.17. The molecule has 2 aliphatic carbocycles. The number of piperazine rings is 1. The standard InChI is InChI=1S/C32H33F2N7O2/c1-18(33)31(42)41-11-10-40(16-21(41)14-35-2)30-26-15-36-28(23-8-4-7-22-24-12-19(24)13-25(22)23)27(34)29(26)37-32(38-30)43-17-20-6-5-9-39(20)3/h4,7-8,15,19-21,24H,1,5-6,9-14,16-17H2,3H3/t19-,20-,21-,24-/m0/s1. The molecule has 2 aromatic heterocycles. The number of carbonyl (C=O) groups is 1. The van der Waals surface area contributed by atoms with Gasteiger partial charge in [-0.2, -0.15) is 9.97 Å². The van der Waals surface area contributed by atoms with Crippen molar-refractivity contribution in [1.29, 1.82) is 0 Å². The smallest absolute Gasteiger partial charge is 0.319 e. The van der Waals surface area contributed by atoms with Gasteiger partial charge >= 0.3 is 6.01 Å². The molecule has 4 atom stereocenters. The highest BCUT2D eigenvalue weighted by Gasteiger charge is 2.46. The molecule has 0 radical (unpaired) electrons. The first-order valence-corrected chi connectivity index (χ1v) is 14.9. The predicted molar refractivity (Wildman–Crippen MR) is 158 cm³/mol.